The Hall–Kier alpha value is -0.630. The monoisotopic (exact) mass is 288 g/mol. The summed E-state index contributed by atoms with van der Waals surface area (Å²) < 4.78 is 0. The molecule has 4 rings (SSSR count). The smallest absolute Gasteiger partial charge is 0.155 e. The van der Waals surface area contributed by atoms with Crippen molar-refractivity contribution < 1.29 is 9.90 Å². The van der Waals surface area contributed by atoms with Gasteiger partial charge in [-0.1, -0.05) is 25.8 Å². The average Bonchev–Trinajstić information content (AvgIpc) is 2.82. The van der Waals surface area contributed by atoms with Crippen LogP contribution in [-0.2, 0) is 4.79 Å². The third-order valence-corrected chi connectivity index (χ3v) is 7.77. The Kier molecular flexibility index (Phi) is 2.96. The van der Waals surface area contributed by atoms with E-state index in [0.717, 1.165) is 12.8 Å². The molecule has 0 spiro atoms. The molecule has 0 aromatic rings. The number of ketones is 1. The molecule has 21 heavy (non-hydrogen) atoms. The van der Waals surface area contributed by atoms with Gasteiger partial charge in [0.2, 0.25) is 0 Å². The van der Waals surface area contributed by atoms with Gasteiger partial charge in [-0.3, -0.25) is 4.79 Å². The molecule has 0 radical (unpaired) electrons. The van der Waals surface area contributed by atoms with Crippen LogP contribution in [0.4, 0.5) is 0 Å². The van der Waals surface area contributed by atoms with Gasteiger partial charge in [0.05, 0.1) is 6.10 Å². The van der Waals surface area contributed by atoms with Gasteiger partial charge in [0.25, 0.3) is 0 Å². The molecule has 4 aliphatic carbocycles. The molecule has 0 bridgehead atoms. The predicted octanol–water partition coefficient (Wildman–Crippen LogP) is 3.88. The Morgan fingerprint density at radius 2 is 1.95 bits per heavy atom. The summed E-state index contributed by atoms with van der Waals surface area (Å²) >= 11 is 0. The van der Waals surface area contributed by atoms with Gasteiger partial charge >= 0.3 is 0 Å². The standard InChI is InChI=1S/C19H28O2/c1-18-7-3-4-14(18)17-15(6-8-18)19(2)9-5-13(20)10-12(19)11-16(17)21/h10,14-17,21H,3-9,11H2,1-2H3/t14-,15-,16?,17-,18-,19-/m0/s1. The molecule has 0 amide bonds. The van der Waals surface area contributed by atoms with Gasteiger partial charge in [0.1, 0.15) is 0 Å². The summed E-state index contributed by atoms with van der Waals surface area (Å²) in [4.78, 5) is 11.8. The average molecular weight is 288 g/mol. The van der Waals surface area contributed by atoms with E-state index in [1.807, 2.05) is 6.08 Å². The fraction of sp³-hybridized carbons (Fsp3) is 0.842. The van der Waals surface area contributed by atoms with E-state index in [9.17, 15) is 9.90 Å². The molecule has 2 nitrogen and oxygen atoms in total. The number of carbonyl (C=O) groups is 1. The first-order valence-corrected chi connectivity index (χ1v) is 8.86. The van der Waals surface area contributed by atoms with Crippen LogP contribution in [0.25, 0.3) is 0 Å². The van der Waals surface area contributed by atoms with Gasteiger partial charge in [0.15, 0.2) is 5.78 Å². The van der Waals surface area contributed by atoms with E-state index in [0.29, 0.717) is 29.6 Å². The molecular formula is C19H28O2. The molecule has 116 valence electrons. The van der Waals surface area contributed by atoms with Crippen LogP contribution in [0.1, 0.15) is 65.2 Å². The minimum atomic E-state index is -0.219. The molecular weight excluding hydrogens is 260 g/mol. The van der Waals surface area contributed by atoms with Gasteiger partial charge in [-0.25, -0.2) is 0 Å². The Morgan fingerprint density at radius 1 is 1.14 bits per heavy atom. The predicted molar refractivity (Wildman–Crippen MR) is 82.7 cm³/mol. The van der Waals surface area contributed by atoms with Gasteiger partial charge < -0.3 is 5.11 Å². The summed E-state index contributed by atoms with van der Waals surface area (Å²) in [5.41, 5.74) is 1.92. The largest absolute Gasteiger partial charge is 0.392 e. The van der Waals surface area contributed by atoms with Crippen LogP contribution >= 0.6 is 0 Å². The maximum Gasteiger partial charge on any atom is 0.155 e. The Balaban J connectivity index is 1.74. The molecule has 4 aliphatic rings. The summed E-state index contributed by atoms with van der Waals surface area (Å²) in [5, 5.41) is 10.9. The molecule has 1 N–H and O–H groups in total. The minimum absolute atomic E-state index is 0.182. The summed E-state index contributed by atoms with van der Waals surface area (Å²) in [5.74, 6) is 2.05. The first-order chi connectivity index (χ1) is 9.94. The van der Waals surface area contributed by atoms with Crippen molar-refractivity contribution in [3.63, 3.8) is 0 Å². The number of fused-ring (bicyclic) bond motifs is 5. The van der Waals surface area contributed by atoms with E-state index in [1.165, 1.54) is 37.7 Å². The normalized spacial score (nSPS) is 52.7. The summed E-state index contributed by atoms with van der Waals surface area (Å²) in [6.07, 6.45) is 10.7. The van der Waals surface area contributed by atoms with Crippen molar-refractivity contribution in [3.8, 4) is 0 Å². The summed E-state index contributed by atoms with van der Waals surface area (Å²) in [6.45, 7) is 4.85. The second-order valence-corrected chi connectivity index (χ2v) is 8.70. The number of aliphatic hydroxyl groups excluding tert-OH is 1. The van der Waals surface area contributed by atoms with Crippen molar-refractivity contribution in [2.24, 2.45) is 28.6 Å². The summed E-state index contributed by atoms with van der Waals surface area (Å²) in [6, 6.07) is 0. The molecule has 2 heteroatoms. The van der Waals surface area contributed by atoms with Gasteiger partial charge in [-0.2, -0.15) is 0 Å². The third kappa shape index (κ3) is 1.84. The number of aliphatic hydroxyl groups is 1. The van der Waals surface area contributed by atoms with Crippen LogP contribution in [0.5, 0.6) is 0 Å². The lowest BCUT2D eigenvalue weighted by Crippen LogP contribution is -2.54. The molecule has 3 saturated carbocycles. The van der Waals surface area contributed by atoms with E-state index in [4.69, 9.17) is 0 Å². The van der Waals surface area contributed by atoms with Crippen molar-refractivity contribution in [3.05, 3.63) is 11.6 Å². The Bertz CT molecular complexity index is 508. The van der Waals surface area contributed by atoms with E-state index >= 15 is 0 Å². The highest BCUT2D eigenvalue weighted by atomic mass is 16.3. The molecule has 3 fully saturated rings. The van der Waals surface area contributed by atoms with Crippen LogP contribution < -0.4 is 0 Å². The van der Waals surface area contributed by atoms with Crippen molar-refractivity contribution in [2.75, 3.05) is 0 Å². The van der Waals surface area contributed by atoms with Crippen molar-refractivity contribution in [1.29, 1.82) is 0 Å². The number of rotatable bonds is 0. The minimum Gasteiger partial charge on any atom is -0.392 e. The van der Waals surface area contributed by atoms with Gasteiger partial charge in [-0.05, 0) is 73.2 Å². The second-order valence-electron chi connectivity index (χ2n) is 8.70. The highest BCUT2D eigenvalue weighted by molar-refractivity contribution is 5.91. The molecule has 1 unspecified atom stereocenters. The van der Waals surface area contributed by atoms with E-state index in [2.05, 4.69) is 13.8 Å². The van der Waals surface area contributed by atoms with Crippen LogP contribution in [0.15, 0.2) is 11.6 Å². The maximum absolute atomic E-state index is 11.8. The first kappa shape index (κ1) is 14.0. The van der Waals surface area contributed by atoms with Gasteiger partial charge in [0, 0.05) is 6.42 Å². The first-order valence-electron chi connectivity index (χ1n) is 8.86. The fourth-order valence-corrected chi connectivity index (χ4v) is 6.52. The SMILES string of the molecule is C[C@@]12CCC[C@H]1[C@@H]1C(O)CC3=CC(=O)CC[C@]3(C)[C@H]1CC2. The molecule has 0 aromatic heterocycles. The third-order valence-electron chi connectivity index (χ3n) is 7.77. The lowest BCUT2D eigenvalue weighted by molar-refractivity contribution is -0.121. The van der Waals surface area contributed by atoms with E-state index in [1.54, 1.807) is 0 Å². The number of carbonyl (C=O) groups excluding carboxylic acids is 1. The van der Waals surface area contributed by atoms with E-state index < -0.39 is 0 Å². The zero-order valence-electron chi connectivity index (χ0n) is 13.4. The molecule has 0 aliphatic heterocycles. The summed E-state index contributed by atoms with van der Waals surface area (Å²) in [7, 11) is 0. The van der Waals surface area contributed by atoms with Gasteiger partial charge in [-0.15, -0.1) is 0 Å². The van der Waals surface area contributed by atoms with Crippen molar-refractivity contribution >= 4 is 5.78 Å². The fourth-order valence-electron chi connectivity index (χ4n) is 6.52. The number of hydrogen-bond acceptors (Lipinski definition) is 2. The Morgan fingerprint density at radius 3 is 2.76 bits per heavy atom. The Labute approximate surface area is 128 Å². The van der Waals surface area contributed by atoms with Crippen molar-refractivity contribution in [1.82, 2.24) is 0 Å². The highest BCUT2D eigenvalue weighted by Crippen LogP contribution is 2.65. The topological polar surface area (TPSA) is 37.3 Å². The quantitative estimate of drug-likeness (QED) is 0.734. The molecule has 0 saturated heterocycles. The van der Waals surface area contributed by atoms with Crippen LogP contribution in [-0.4, -0.2) is 17.0 Å². The lowest BCUT2D eigenvalue weighted by atomic mass is 9.47. The van der Waals surface area contributed by atoms with Crippen molar-refractivity contribution in [2.45, 2.75) is 71.3 Å². The van der Waals surface area contributed by atoms with E-state index in [-0.39, 0.29) is 17.3 Å². The molecule has 0 aromatic carbocycles. The van der Waals surface area contributed by atoms with Crippen LogP contribution in [0.3, 0.4) is 0 Å². The highest BCUT2D eigenvalue weighted by Gasteiger charge is 2.58. The maximum atomic E-state index is 11.8. The zero-order valence-corrected chi connectivity index (χ0v) is 13.4. The van der Waals surface area contributed by atoms with Crippen LogP contribution in [0.2, 0.25) is 0 Å². The van der Waals surface area contributed by atoms with Crippen LogP contribution in [0, 0.1) is 28.6 Å². The zero-order chi connectivity index (χ0) is 14.8. The second kappa shape index (κ2) is 4.44. The number of hydrogen-bond donors (Lipinski definition) is 1. The molecule has 6 atom stereocenters. The lowest BCUT2D eigenvalue weighted by Gasteiger charge is -2.58. The molecule has 0 heterocycles.